The highest BCUT2D eigenvalue weighted by atomic mass is 16.5. The lowest BCUT2D eigenvalue weighted by Gasteiger charge is -2.07. The van der Waals surface area contributed by atoms with E-state index in [1.165, 1.54) is 0 Å². The summed E-state index contributed by atoms with van der Waals surface area (Å²) < 4.78 is 5.77. The van der Waals surface area contributed by atoms with Gasteiger partial charge in [-0.25, -0.2) is 0 Å². The second kappa shape index (κ2) is 5.72. The number of rotatable bonds is 4. The van der Waals surface area contributed by atoms with Crippen molar-refractivity contribution in [2.45, 2.75) is 13.2 Å². The average molecular weight is 265 g/mol. The molecule has 3 rings (SSSR count). The van der Waals surface area contributed by atoms with Crippen LogP contribution in [0.1, 0.15) is 11.1 Å². The van der Waals surface area contributed by atoms with Gasteiger partial charge in [0.25, 0.3) is 0 Å². The van der Waals surface area contributed by atoms with E-state index in [9.17, 15) is 0 Å². The van der Waals surface area contributed by atoms with Crippen LogP contribution in [0.5, 0.6) is 5.75 Å². The Kier molecular flexibility index (Phi) is 3.61. The predicted molar refractivity (Wildman–Crippen MR) is 78.4 cm³/mol. The molecule has 0 saturated heterocycles. The number of aliphatic hydroxyl groups excluding tert-OH is 1. The molecule has 0 unspecified atom stereocenters. The predicted octanol–water partition coefficient (Wildman–Crippen LogP) is 3.31. The molecule has 1 aromatic heterocycles. The van der Waals surface area contributed by atoms with E-state index in [1.54, 1.807) is 6.20 Å². The first-order valence-electron chi connectivity index (χ1n) is 6.51. The molecule has 0 radical (unpaired) electrons. The first kappa shape index (κ1) is 12.6. The minimum Gasteiger partial charge on any atom is -0.489 e. The van der Waals surface area contributed by atoms with Crippen LogP contribution in [0.3, 0.4) is 0 Å². The van der Waals surface area contributed by atoms with Crippen molar-refractivity contribution in [2.24, 2.45) is 0 Å². The highest BCUT2D eigenvalue weighted by Crippen LogP contribution is 2.21. The quantitative estimate of drug-likeness (QED) is 0.787. The Labute approximate surface area is 117 Å². The van der Waals surface area contributed by atoms with E-state index >= 15 is 0 Å². The number of benzene rings is 2. The molecule has 2 aromatic carbocycles. The first-order chi connectivity index (χ1) is 9.85. The largest absolute Gasteiger partial charge is 0.489 e. The van der Waals surface area contributed by atoms with Gasteiger partial charge in [0.15, 0.2) is 0 Å². The summed E-state index contributed by atoms with van der Waals surface area (Å²) in [5.41, 5.74) is 2.82. The molecule has 0 aliphatic carbocycles. The third-order valence-electron chi connectivity index (χ3n) is 3.14. The van der Waals surface area contributed by atoms with Crippen LogP contribution in [-0.2, 0) is 13.2 Å². The number of ether oxygens (including phenoxy) is 1. The number of nitrogens with zero attached hydrogens (tertiary/aromatic N) is 1. The van der Waals surface area contributed by atoms with Gasteiger partial charge in [-0.05, 0) is 29.3 Å². The number of aromatic nitrogens is 1. The molecule has 3 nitrogen and oxygen atoms in total. The van der Waals surface area contributed by atoms with Gasteiger partial charge in [-0.1, -0.05) is 30.3 Å². The number of pyridine rings is 1. The Hall–Kier alpha value is -2.39. The molecule has 0 bridgehead atoms. The first-order valence-corrected chi connectivity index (χ1v) is 6.51. The molecule has 0 aliphatic heterocycles. The highest BCUT2D eigenvalue weighted by Gasteiger charge is 2.01. The third kappa shape index (κ3) is 2.78. The van der Waals surface area contributed by atoms with Crippen LogP contribution in [0.15, 0.2) is 60.8 Å². The lowest BCUT2D eigenvalue weighted by Crippen LogP contribution is -1.95. The van der Waals surface area contributed by atoms with Crippen LogP contribution in [0.4, 0.5) is 0 Å². The summed E-state index contributed by atoms with van der Waals surface area (Å²) >= 11 is 0. The van der Waals surface area contributed by atoms with Crippen molar-refractivity contribution in [2.75, 3.05) is 0 Å². The molecule has 0 aliphatic rings. The summed E-state index contributed by atoms with van der Waals surface area (Å²) in [5.74, 6) is 0.797. The summed E-state index contributed by atoms with van der Waals surface area (Å²) in [4.78, 5) is 4.33. The van der Waals surface area contributed by atoms with Gasteiger partial charge in [-0.2, -0.15) is 0 Å². The van der Waals surface area contributed by atoms with E-state index in [-0.39, 0.29) is 6.61 Å². The molecule has 3 heteroatoms. The van der Waals surface area contributed by atoms with Crippen LogP contribution in [0, 0.1) is 0 Å². The molecule has 0 fully saturated rings. The Bertz CT molecular complexity index is 711. The SMILES string of the molecule is OCc1cnc2cc(OCc3ccccc3)ccc2c1. The fraction of sp³-hybridized carbons (Fsp3) is 0.118. The van der Waals surface area contributed by atoms with Crippen molar-refractivity contribution >= 4 is 10.9 Å². The number of aliphatic hydroxyl groups is 1. The molecular weight excluding hydrogens is 250 g/mol. The van der Waals surface area contributed by atoms with Gasteiger partial charge < -0.3 is 9.84 Å². The zero-order chi connectivity index (χ0) is 13.8. The molecular formula is C17H15NO2. The maximum Gasteiger partial charge on any atom is 0.122 e. The molecule has 1 N–H and O–H groups in total. The topological polar surface area (TPSA) is 42.4 Å². The monoisotopic (exact) mass is 265 g/mol. The Morgan fingerprint density at radius 1 is 0.950 bits per heavy atom. The summed E-state index contributed by atoms with van der Waals surface area (Å²) in [6.45, 7) is 0.552. The van der Waals surface area contributed by atoms with E-state index < -0.39 is 0 Å². The van der Waals surface area contributed by atoms with Crippen molar-refractivity contribution in [3.05, 3.63) is 71.9 Å². The van der Waals surface area contributed by atoms with E-state index in [4.69, 9.17) is 9.84 Å². The van der Waals surface area contributed by atoms with Gasteiger partial charge in [0, 0.05) is 17.6 Å². The lowest BCUT2D eigenvalue weighted by molar-refractivity contribution is 0.281. The number of hydrogen-bond donors (Lipinski definition) is 1. The van der Waals surface area contributed by atoms with E-state index in [2.05, 4.69) is 4.98 Å². The molecule has 3 aromatic rings. The van der Waals surface area contributed by atoms with Crippen molar-refractivity contribution in [3.63, 3.8) is 0 Å². The molecule has 100 valence electrons. The van der Waals surface area contributed by atoms with Gasteiger partial charge >= 0.3 is 0 Å². The Morgan fingerprint density at radius 3 is 2.60 bits per heavy atom. The fourth-order valence-electron chi connectivity index (χ4n) is 2.06. The molecule has 0 saturated carbocycles. The second-order valence-electron chi connectivity index (χ2n) is 4.63. The smallest absolute Gasteiger partial charge is 0.122 e. The summed E-state index contributed by atoms with van der Waals surface area (Å²) in [7, 11) is 0. The number of hydrogen-bond acceptors (Lipinski definition) is 3. The third-order valence-corrected chi connectivity index (χ3v) is 3.14. The Morgan fingerprint density at radius 2 is 1.80 bits per heavy atom. The van der Waals surface area contributed by atoms with Crippen molar-refractivity contribution < 1.29 is 9.84 Å². The standard InChI is InChI=1S/C17H15NO2/c19-11-14-8-15-6-7-16(9-17(15)18-10-14)20-12-13-4-2-1-3-5-13/h1-10,19H,11-12H2. The van der Waals surface area contributed by atoms with Crippen LogP contribution < -0.4 is 4.74 Å². The minimum absolute atomic E-state index is 0.00913. The van der Waals surface area contributed by atoms with Crippen LogP contribution >= 0.6 is 0 Å². The van der Waals surface area contributed by atoms with Crippen LogP contribution in [-0.4, -0.2) is 10.1 Å². The maximum atomic E-state index is 9.10. The van der Waals surface area contributed by atoms with Crippen molar-refractivity contribution in [1.82, 2.24) is 4.98 Å². The van der Waals surface area contributed by atoms with Gasteiger partial charge in [0.2, 0.25) is 0 Å². The summed E-state index contributed by atoms with van der Waals surface area (Å²) in [6, 6.07) is 17.8. The normalized spacial score (nSPS) is 10.7. The molecule has 0 atom stereocenters. The van der Waals surface area contributed by atoms with Gasteiger partial charge in [-0.3, -0.25) is 4.98 Å². The summed E-state index contributed by atoms with van der Waals surface area (Å²) in [6.07, 6.45) is 1.68. The average Bonchev–Trinajstić information content (AvgIpc) is 2.53. The van der Waals surface area contributed by atoms with Crippen molar-refractivity contribution in [1.29, 1.82) is 0 Å². The van der Waals surface area contributed by atoms with E-state index in [1.807, 2.05) is 54.6 Å². The zero-order valence-electron chi connectivity index (χ0n) is 11.0. The molecule has 1 heterocycles. The van der Waals surface area contributed by atoms with Gasteiger partial charge in [0.05, 0.1) is 12.1 Å². The van der Waals surface area contributed by atoms with E-state index in [0.29, 0.717) is 6.61 Å². The van der Waals surface area contributed by atoms with Gasteiger partial charge in [-0.15, -0.1) is 0 Å². The van der Waals surface area contributed by atoms with Crippen LogP contribution in [0.2, 0.25) is 0 Å². The maximum absolute atomic E-state index is 9.10. The minimum atomic E-state index is 0.00913. The summed E-state index contributed by atoms with van der Waals surface area (Å²) in [5, 5.41) is 10.1. The Balaban J connectivity index is 1.79. The molecule has 0 spiro atoms. The number of fused-ring (bicyclic) bond motifs is 1. The van der Waals surface area contributed by atoms with Crippen LogP contribution in [0.25, 0.3) is 10.9 Å². The second-order valence-corrected chi connectivity index (χ2v) is 4.63. The highest BCUT2D eigenvalue weighted by molar-refractivity contribution is 5.80. The molecule has 20 heavy (non-hydrogen) atoms. The zero-order valence-corrected chi connectivity index (χ0v) is 11.0. The lowest BCUT2D eigenvalue weighted by atomic mass is 10.1. The fourth-order valence-corrected chi connectivity index (χ4v) is 2.06. The van der Waals surface area contributed by atoms with Crippen molar-refractivity contribution in [3.8, 4) is 5.75 Å². The van der Waals surface area contributed by atoms with Gasteiger partial charge in [0.1, 0.15) is 12.4 Å². The van der Waals surface area contributed by atoms with E-state index in [0.717, 1.165) is 27.8 Å². The molecule has 0 amide bonds.